The molecule has 0 atom stereocenters. The van der Waals surface area contributed by atoms with Crippen molar-refractivity contribution in [1.82, 2.24) is 9.80 Å². The molecule has 1 aromatic carbocycles. The molecule has 1 aromatic rings. The smallest absolute Gasteiger partial charge is 0.133 e. The molecule has 138 valence electrons. The van der Waals surface area contributed by atoms with Gasteiger partial charge in [0.05, 0.1) is 9.79 Å². The monoisotopic (exact) mass is 372 g/mol. The molecule has 1 rings (SSSR count). The third-order valence-corrected chi connectivity index (χ3v) is 6.38. The number of thioether (sulfide) groups is 2. The van der Waals surface area contributed by atoms with E-state index in [1.807, 2.05) is 13.8 Å². The molecular formula is C18H32N2O2S2. The molecule has 0 radical (unpaired) electrons. The lowest BCUT2D eigenvalue weighted by Crippen LogP contribution is -2.13. The molecule has 24 heavy (non-hydrogen) atoms. The Morgan fingerprint density at radius 2 is 1.04 bits per heavy atom. The Morgan fingerprint density at radius 3 is 1.33 bits per heavy atom. The minimum absolute atomic E-state index is 0.329. The molecule has 0 fully saturated rings. The first-order valence-electron chi connectivity index (χ1n) is 8.35. The molecule has 0 aliphatic heterocycles. The van der Waals surface area contributed by atoms with Crippen LogP contribution in [0.1, 0.15) is 24.0 Å². The van der Waals surface area contributed by atoms with Crippen LogP contribution in [0.15, 0.2) is 9.79 Å². The van der Waals surface area contributed by atoms with Gasteiger partial charge in [0.25, 0.3) is 0 Å². The highest BCUT2D eigenvalue weighted by atomic mass is 32.2. The zero-order valence-corrected chi connectivity index (χ0v) is 17.5. The van der Waals surface area contributed by atoms with Gasteiger partial charge in [0.15, 0.2) is 0 Å². The Bertz CT molecular complexity index is 458. The summed E-state index contributed by atoms with van der Waals surface area (Å²) in [4.78, 5) is 5.95. The average Bonchev–Trinajstić information content (AvgIpc) is 2.51. The molecular weight excluding hydrogens is 340 g/mol. The molecule has 2 N–H and O–H groups in total. The van der Waals surface area contributed by atoms with E-state index in [-0.39, 0.29) is 0 Å². The average molecular weight is 373 g/mol. The second-order valence-electron chi connectivity index (χ2n) is 6.62. The van der Waals surface area contributed by atoms with Gasteiger partial charge >= 0.3 is 0 Å². The summed E-state index contributed by atoms with van der Waals surface area (Å²) >= 11 is 3.26. The number of phenolic OH excluding ortho intramolecular Hbond substituents is 2. The van der Waals surface area contributed by atoms with Crippen LogP contribution in [-0.2, 0) is 0 Å². The summed E-state index contributed by atoms with van der Waals surface area (Å²) < 4.78 is 0. The highest BCUT2D eigenvalue weighted by molar-refractivity contribution is 8.00. The highest BCUT2D eigenvalue weighted by Gasteiger charge is 2.19. The summed E-state index contributed by atoms with van der Waals surface area (Å²) in [6.45, 7) is 5.84. The minimum atomic E-state index is 0.329. The molecule has 0 aliphatic rings. The largest absolute Gasteiger partial charge is 0.506 e. The van der Waals surface area contributed by atoms with E-state index in [4.69, 9.17) is 0 Å². The SMILES string of the molecule is Cc1c(O)c(SCCCN(C)C)c(C)c(O)c1SCCCN(C)C. The maximum atomic E-state index is 10.6. The molecule has 0 bridgehead atoms. The topological polar surface area (TPSA) is 46.9 Å². The number of hydrogen-bond acceptors (Lipinski definition) is 6. The van der Waals surface area contributed by atoms with Crippen molar-refractivity contribution in [3.63, 3.8) is 0 Å². The fourth-order valence-electron chi connectivity index (χ4n) is 2.37. The standard InChI is InChI=1S/C18H32N2O2S2/c1-13-15(21)18(24-12-8-10-20(5)6)14(2)16(22)17(13)23-11-7-9-19(3)4/h21-22H,7-12H2,1-6H3. The Hall–Kier alpha value is -0.560. The summed E-state index contributed by atoms with van der Waals surface area (Å²) in [7, 11) is 8.24. The first-order chi connectivity index (χ1) is 11.3. The Labute approximate surface area is 155 Å². The predicted molar refractivity (Wildman–Crippen MR) is 107 cm³/mol. The van der Waals surface area contributed by atoms with Crippen LogP contribution in [0.5, 0.6) is 11.5 Å². The van der Waals surface area contributed by atoms with Gasteiger partial charge in [0.2, 0.25) is 0 Å². The maximum absolute atomic E-state index is 10.6. The summed E-state index contributed by atoms with van der Waals surface area (Å²) in [5.74, 6) is 2.52. The summed E-state index contributed by atoms with van der Waals surface area (Å²) in [6.07, 6.45) is 2.11. The number of hydrogen-bond donors (Lipinski definition) is 2. The normalized spacial score (nSPS) is 11.7. The lowest BCUT2D eigenvalue weighted by atomic mass is 10.1. The molecule has 0 aromatic heterocycles. The lowest BCUT2D eigenvalue weighted by Gasteiger charge is -2.18. The number of aromatic hydroxyl groups is 2. The van der Waals surface area contributed by atoms with E-state index in [1.54, 1.807) is 23.5 Å². The zero-order valence-electron chi connectivity index (χ0n) is 15.8. The third-order valence-electron chi connectivity index (χ3n) is 3.81. The van der Waals surface area contributed by atoms with E-state index < -0.39 is 0 Å². The van der Waals surface area contributed by atoms with Crippen molar-refractivity contribution in [2.75, 3.05) is 52.8 Å². The van der Waals surface area contributed by atoms with E-state index in [0.29, 0.717) is 11.5 Å². The van der Waals surface area contributed by atoms with Gasteiger partial charge in [-0.25, -0.2) is 0 Å². The van der Waals surface area contributed by atoms with Crippen molar-refractivity contribution in [3.8, 4) is 11.5 Å². The van der Waals surface area contributed by atoms with Gasteiger partial charge in [0, 0.05) is 11.1 Å². The summed E-state index contributed by atoms with van der Waals surface area (Å²) in [6, 6.07) is 0. The molecule has 6 heteroatoms. The summed E-state index contributed by atoms with van der Waals surface area (Å²) in [5.41, 5.74) is 1.59. The molecule has 0 aliphatic carbocycles. The second kappa shape index (κ2) is 10.4. The van der Waals surface area contributed by atoms with Crippen LogP contribution in [0.4, 0.5) is 0 Å². The first kappa shape index (κ1) is 21.5. The zero-order chi connectivity index (χ0) is 18.3. The fraction of sp³-hybridized carbons (Fsp3) is 0.667. The molecule has 0 saturated heterocycles. The van der Waals surface area contributed by atoms with Crippen molar-refractivity contribution in [2.45, 2.75) is 36.5 Å². The first-order valence-corrected chi connectivity index (χ1v) is 10.3. The molecule has 0 saturated carbocycles. The van der Waals surface area contributed by atoms with Crippen LogP contribution in [0.3, 0.4) is 0 Å². The number of phenols is 2. The van der Waals surface area contributed by atoms with Gasteiger partial charge in [-0.15, -0.1) is 23.5 Å². The van der Waals surface area contributed by atoms with E-state index in [2.05, 4.69) is 38.0 Å². The van der Waals surface area contributed by atoms with Crippen molar-refractivity contribution in [3.05, 3.63) is 11.1 Å². The molecule has 0 unspecified atom stereocenters. The molecule has 0 heterocycles. The van der Waals surface area contributed by atoms with Crippen LogP contribution >= 0.6 is 23.5 Å². The van der Waals surface area contributed by atoms with Crippen molar-refractivity contribution in [1.29, 1.82) is 0 Å². The van der Waals surface area contributed by atoms with Gasteiger partial charge in [-0.3, -0.25) is 0 Å². The Balaban J connectivity index is 2.79. The van der Waals surface area contributed by atoms with Gasteiger partial charge in [-0.05, 0) is 79.5 Å². The highest BCUT2D eigenvalue weighted by Crippen LogP contribution is 2.46. The fourth-order valence-corrected chi connectivity index (χ4v) is 4.54. The number of benzene rings is 1. The third kappa shape index (κ3) is 6.39. The minimum Gasteiger partial charge on any atom is -0.506 e. The van der Waals surface area contributed by atoms with Gasteiger partial charge in [-0.1, -0.05) is 0 Å². The van der Waals surface area contributed by atoms with Gasteiger partial charge in [-0.2, -0.15) is 0 Å². The quantitative estimate of drug-likeness (QED) is 0.370. The van der Waals surface area contributed by atoms with Crippen LogP contribution in [0.25, 0.3) is 0 Å². The molecule has 4 nitrogen and oxygen atoms in total. The Kier molecular flexibility index (Phi) is 9.34. The maximum Gasteiger partial charge on any atom is 0.133 e. The van der Waals surface area contributed by atoms with E-state index >= 15 is 0 Å². The van der Waals surface area contributed by atoms with Crippen LogP contribution in [-0.4, -0.2) is 72.8 Å². The summed E-state index contributed by atoms with van der Waals surface area (Å²) in [5, 5.41) is 21.1. The van der Waals surface area contributed by atoms with Crippen LogP contribution < -0.4 is 0 Å². The van der Waals surface area contributed by atoms with Crippen molar-refractivity contribution >= 4 is 23.5 Å². The van der Waals surface area contributed by atoms with Crippen molar-refractivity contribution in [2.24, 2.45) is 0 Å². The number of rotatable bonds is 10. The van der Waals surface area contributed by atoms with E-state index in [1.165, 1.54) is 0 Å². The van der Waals surface area contributed by atoms with E-state index in [9.17, 15) is 10.2 Å². The van der Waals surface area contributed by atoms with Crippen LogP contribution in [0, 0.1) is 13.8 Å². The Morgan fingerprint density at radius 1 is 0.708 bits per heavy atom. The number of nitrogens with zero attached hydrogens (tertiary/aromatic N) is 2. The van der Waals surface area contributed by atoms with Gasteiger partial charge in [0.1, 0.15) is 11.5 Å². The second-order valence-corrected chi connectivity index (χ2v) is 8.83. The molecule has 0 amide bonds. The lowest BCUT2D eigenvalue weighted by molar-refractivity contribution is 0.409. The van der Waals surface area contributed by atoms with Crippen LogP contribution in [0.2, 0.25) is 0 Å². The predicted octanol–water partition coefficient (Wildman–Crippen LogP) is 3.80. The van der Waals surface area contributed by atoms with Crippen molar-refractivity contribution < 1.29 is 10.2 Å². The molecule has 0 spiro atoms. The van der Waals surface area contributed by atoms with E-state index in [0.717, 1.165) is 58.4 Å². The van der Waals surface area contributed by atoms with Gasteiger partial charge < -0.3 is 20.0 Å².